The maximum absolute atomic E-state index is 12.9. The molecule has 0 saturated carbocycles. The second-order valence-corrected chi connectivity index (χ2v) is 22.7. The fourth-order valence-corrected chi connectivity index (χ4v) is 9.75. The van der Waals surface area contributed by atoms with E-state index in [1.807, 2.05) is 6.08 Å². The number of carbonyl (C=O) groups excluding carboxylic acids is 3. The molecule has 0 radical (unpaired) electrons. The maximum Gasteiger partial charge on any atom is 0.309 e. The second-order valence-electron chi connectivity index (χ2n) is 22.7. The molecule has 464 valence electrons. The summed E-state index contributed by atoms with van der Waals surface area (Å²) >= 11 is 0. The summed E-state index contributed by atoms with van der Waals surface area (Å²) in [5.74, 6) is -1.03. The van der Waals surface area contributed by atoms with E-state index in [4.69, 9.17) is 14.2 Å². The molecule has 0 aromatic rings. The molecule has 0 N–H and O–H groups in total. The van der Waals surface area contributed by atoms with Crippen LogP contribution in [0.4, 0.5) is 0 Å². The minimum absolute atomic E-state index is 0.106. The molecule has 1 unspecified atom stereocenters. The van der Waals surface area contributed by atoms with Crippen LogP contribution in [0.25, 0.3) is 0 Å². The average molecular weight is 1130 g/mol. The van der Waals surface area contributed by atoms with Crippen molar-refractivity contribution in [3.8, 4) is 0 Å². The molecule has 0 rings (SSSR count). The Hall–Kier alpha value is -3.93. The third-order valence-corrected chi connectivity index (χ3v) is 14.8. The number of allylic oxidation sites excluding steroid dienone is 17. The molecular formula is C75H128O6. The summed E-state index contributed by atoms with van der Waals surface area (Å²) in [6.45, 7) is 6.37. The lowest BCUT2D eigenvalue weighted by molar-refractivity contribution is -0.166. The number of hydrogen-bond acceptors (Lipinski definition) is 6. The van der Waals surface area contributed by atoms with Crippen LogP contribution in [0.5, 0.6) is 0 Å². The van der Waals surface area contributed by atoms with Gasteiger partial charge < -0.3 is 14.2 Å². The molecule has 0 amide bonds. The Labute approximate surface area is 501 Å². The summed E-state index contributed by atoms with van der Waals surface area (Å²) in [6.07, 6.45) is 94.3. The first-order chi connectivity index (χ1) is 40.0. The van der Waals surface area contributed by atoms with E-state index in [-0.39, 0.29) is 31.6 Å². The number of esters is 3. The van der Waals surface area contributed by atoms with E-state index >= 15 is 0 Å². The van der Waals surface area contributed by atoms with Gasteiger partial charge in [-0.1, -0.05) is 336 Å². The van der Waals surface area contributed by atoms with Crippen molar-refractivity contribution in [2.45, 2.75) is 335 Å². The Balaban J connectivity index is 4.35. The van der Waals surface area contributed by atoms with E-state index in [2.05, 4.69) is 118 Å². The topological polar surface area (TPSA) is 78.9 Å². The molecule has 0 spiro atoms. The summed E-state index contributed by atoms with van der Waals surface area (Å²) in [5.41, 5.74) is 0. The van der Waals surface area contributed by atoms with E-state index < -0.39 is 12.1 Å². The predicted octanol–water partition coefficient (Wildman–Crippen LogP) is 23.8. The third-order valence-electron chi connectivity index (χ3n) is 14.8. The zero-order valence-corrected chi connectivity index (χ0v) is 53.3. The summed E-state index contributed by atoms with van der Waals surface area (Å²) in [4.78, 5) is 38.3. The summed E-state index contributed by atoms with van der Waals surface area (Å²) in [7, 11) is 0. The fraction of sp³-hybridized carbons (Fsp3) is 0.720. The van der Waals surface area contributed by atoms with Gasteiger partial charge in [0.25, 0.3) is 0 Å². The number of rotatable bonds is 62. The van der Waals surface area contributed by atoms with Crippen molar-refractivity contribution < 1.29 is 28.6 Å². The van der Waals surface area contributed by atoms with Crippen LogP contribution in [-0.4, -0.2) is 37.2 Å². The van der Waals surface area contributed by atoms with Crippen molar-refractivity contribution in [3.63, 3.8) is 0 Å². The van der Waals surface area contributed by atoms with Gasteiger partial charge in [-0.05, 0) is 83.5 Å². The zero-order valence-electron chi connectivity index (χ0n) is 53.3. The lowest BCUT2D eigenvalue weighted by atomic mass is 10.0. The Bertz CT molecular complexity index is 1620. The van der Waals surface area contributed by atoms with Crippen LogP contribution in [0.2, 0.25) is 0 Å². The van der Waals surface area contributed by atoms with Gasteiger partial charge in [0.2, 0.25) is 0 Å². The Kier molecular flexibility index (Phi) is 65.2. The third kappa shape index (κ3) is 66.8. The molecule has 0 bridgehead atoms. The fourth-order valence-electron chi connectivity index (χ4n) is 9.75. The number of unbranched alkanes of at least 4 members (excludes halogenated alkanes) is 34. The molecular weight excluding hydrogens is 997 g/mol. The first-order valence-corrected chi connectivity index (χ1v) is 34.4. The van der Waals surface area contributed by atoms with Gasteiger partial charge in [0.1, 0.15) is 13.2 Å². The molecule has 0 aliphatic carbocycles. The quantitative estimate of drug-likeness (QED) is 0.0261. The van der Waals surface area contributed by atoms with E-state index in [1.54, 1.807) is 6.08 Å². The van der Waals surface area contributed by atoms with Crippen LogP contribution in [0.3, 0.4) is 0 Å². The van der Waals surface area contributed by atoms with Gasteiger partial charge in [-0.25, -0.2) is 0 Å². The highest BCUT2D eigenvalue weighted by Crippen LogP contribution is 2.18. The van der Waals surface area contributed by atoms with Crippen LogP contribution >= 0.6 is 0 Å². The normalized spacial score (nSPS) is 12.8. The van der Waals surface area contributed by atoms with Crippen molar-refractivity contribution in [2.24, 2.45) is 0 Å². The summed E-state index contributed by atoms with van der Waals surface area (Å²) < 4.78 is 16.9. The highest BCUT2D eigenvalue weighted by Gasteiger charge is 2.19. The van der Waals surface area contributed by atoms with Gasteiger partial charge in [-0.15, -0.1) is 0 Å². The van der Waals surface area contributed by atoms with Crippen LogP contribution < -0.4 is 0 Å². The monoisotopic (exact) mass is 1120 g/mol. The van der Waals surface area contributed by atoms with Gasteiger partial charge in [0.05, 0.1) is 6.42 Å². The van der Waals surface area contributed by atoms with Crippen LogP contribution in [0.1, 0.15) is 329 Å². The van der Waals surface area contributed by atoms with Crippen molar-refractivity contribution in [1.82, 2.24) is 0 Å². The number of ether oxygens (including phenoxy) is 3. The van der Waals surface area contributed by atoms with E-state index in [0.717, 1.165) is 96.3 Å². The zero-order chi connectivity index (χ0) is 58.5. The number of carbonyl (C=O) groups is 3. The van der Waals surface area contributed by atoms with Crippen molar-refractivity contribution in [2.75, 3.05) is 13.2 Å². The van der Waals surface area contributed by atoms with Crippen molar-refractivity contribution >= 4 is 17.9 Å². The Morgan fingerprint density at radius 3 is 0.864 bits per heavy atom. The molecule has 0 aromatic heterocycles. The molecule has 1 atom stereocenters. The molecule has 0 saturated heterocycles. The van der Waals surface area contributed by atoms with E-state index in [1.165, 1.54) is 193 Å². The standard InChI is InChI=1S/C75H128O6/c1-4-7-10-13-16-19-22-25-28-30-32-34-35-36-37-38-39-41-42-44-47-50-53-56-59-62-65-68-74(77)80-71-72(70-79-73(76)67-64-61-58-55-52-49-46-27-24-21-18-15-12-9-6-3)81-75(78)69-66-63-60-57-54-51-48-45-43-40-33-31-29-26-23-20-17-14-11-8-5-2/h7,9-10,12,16,18-19,21,25,27-28,32,34,46,52,55,61,64,72H,4-6,8,11,13-15,17,20,22-24,26,29-31,33,35-45,47-51,53-54,56-60,62-63,65-71H2,1-3H3/b10-7-,12-9-,19-16-,21-18-,28-25-,34-32-,46-27-,55-52-,64-61-. The van der Waals surface area contributed by atoms with Crippen LogP contribution in [0.15, 0.2) is 109 Å². The average Bonchev–Trinajstić information content (AvgIpc) is 3.47. The second kappa shape index (κ2) is 68.6. The molecule has 0 aromatic carbocycles. The minimum Gasteiger partial charge on any atom is -0.462 e. The molecule has 6 heteroatoms. The molecule has 81 heavy (non-hydrogen) atoms. The van der Waals surface area contributed by atoms with Gasteiger partial charge in [0, 0.05) is 12.8 Å². The lowest BCUT2D eigenvalue weighted by Crippen LogP contribution is -2.30. The maximum atomic E-state index is 12.9. The van der Waals surface area contributed by atoms with Gasteiger partial charge in [0.15, 0.2) is 6.10 Å². The van der Waals surface area contributed by atoms with E-state index in [9.17, 15) is 14.4 Å². The smallest absolute Gasteiger partial charge is 0.309 e. The highest BCUT2D eigenvalue weighted by molar-refractivity contribution is 5.72. The first kappa shape index (κ1) is 77.1. The number of hydrogen-bond donors (Lipinski definition) is 0. The van der Waals surface area contributed by atoms with E-state index in [0.29, 0.717) is 12.8 Å². The largest absolute Gasteiger partial charge is 0.462 e. The lowest BCUT2D eigenvalue weighted by Gasteiger charge is -2.18. The Morgan fingerprint density at radius 1 is 0.272 bits per heavy atom. The predicted molar refractivity (Wildman–Crippen MR) is 353 cm³/mol. The van der Waals surface area contributed by atoms with Crippen molar-refractivity contribution in [1.29, 1.82) is 0 Å². The molecule has 6 nitrogen and oxygen atoms in total. The first-order valence-electron chi connectivity index (χ1n) is 34.4. The SMILES string of the molecule is CC/C=C\C/C=C\C/C=C\C/C=C\C/C=C\CC(=O)OCC(COC(=O)CCCCCCCCCCCCCCCC/C=C\C/C=C\C/C=C\C/C=C\CC)OC(=O)CCCCCCCCCCCCCCCCCCCCCCC. The summed E-state index contributed by atoms with van der Waals surface area (Å²) in [5, 5.41) is 0. The molecule has 0 aliphatic heterocycles. The van der Waals surface area contributed by atoms with Gasteiger partial charge in [-0.2, -0.15) is 0 Å². The van der Waals surface area contributed by atoms with Crippen LogP contribution in [-0.2, 0) is 28.6 Å². The van der Waals surface area contributed by atoms with Crippen LogP contribution in [0, 0.1) is 0 Å². The Morgan fingerprint density at radius 2 is 0.531 bits per heavy atom. The van der Waals surface area contributed by atoms with Crippen molar-refractivity contribution in [3.05, 3.63) is 109 Å². The molecule has 0 fully saturated rings. The summed E-state index contributed by atoms with van der Waals surface area (Å²) in [6, 6.07) is 0. The molecule has 0 heterocycles. The van der Waals surface area contributed by atoms with Gasteiger partial charge >= 0.3 is 17.9 Å². The molecule has 0 aliphatic rings. The van der Waals surface area contributed by atoms with Gasteiger partial charge in [-0.3, -0.25) is 14.4 Å². The highest BCUT2D eigenvalue weighted by atomic mass is 16.6. The minimum atomic E-state index is -0.819.